The molecular formula is C15H14O. The van der Waals surface area contributed by atoms with Crippen molar-refractivity contribution in [3.05, 3.63) is 72.3 Å². The summed E-state index contributed by atoms with van der Waals surface area (Å²) < 4.78 is 5.69. The van der Waals surface area contributed by atoms with Crippen LogP contribution in [0, 0.1) is 0 Å². The fourth-order valence-corrected chi connectivity index (χ4v) is 1.54. The van der Waals surface area contributed by atoms with Crippen molar-refractivity contribution in [3.8, 4) is 5.75 Å². The van der Waals surface area contributed by atoms with E-state index in [1.165, 1.54) is 0 Å². The molecule has 80 valence electrons. The summed E-state index contributed by atoms with van der Waals surface area (Å²) in [6.45, 7) is 4.37. The minimum absolute atomic E-state index is 0.576. The van der Waals surface area contributed by atoms with Gasteiger partial charge < -0.3 is 4.74 Å². The van der Waals surface area contributed by atoms with Crippen molar-refractivity contribution >= 4 is 6.08 Å². The van der Waals surface area contributed by atoms with E-state index in [0.717, 1.165) is 16.9 Å². The van der Waals surface area contributed by atoms with Gasteiger partial charge >= 0.3 is 0 Å². The Morgan fingerprint density at radius 2 is 1.62 bits per heavy atom. The topological polar surface area (TPSA) is 9.23 Å². The molecule has 0 atom stereocenters. The maximum atomic E-state index is 5.69. The van der Waals surface area contributed by atoms with Crippen LogP contribution in [0.2, 0.25) is 0 Å². The summed E-state index contributed by atoms with van der Waals surface area (Å²) >= 11 is 0. The minimum atomic E-state index is 0.576. The van der Waals surface area contributed by atoms with Crippen LogP contribution in [0.4, 0.5) is 0 Å². The molecule has 0 radical (unpaired) electrons. The largest absolute Gasteiger partial charge is 0.489 e. The molecule has 16 heavy (non-hydrogen) atoms. The molecule has 0 unspecified atom stereocenters. The lowest BCUT2D eigenvalue weighted by Gasteiger charge is -2.08. The van der Waals surface area contributed by atoms with Crippen LogP contribution in [0.15, 0.2) is 61.2 Å². The van der Waals surface area contributed by atoms with Gasteiger partial charge in [0, 0.05) is 0 Å². The molecule has 0 amide bonds. The van der Waals surface area contributed by atoms with Gasteiger partial charge in [-0.3, -0.25) is 0 Å². The Morgan fingerprint density at radius 3 is 2.38 bits per heavy atom. The Kier molecular flexibility index (Phi) is 3.39. The van der Waals surface area contributed by atoms with Crippen LogP contribution in [-0.4, -0.2) is 0 Å². The van der Waals surface area contributed by atoms with E-state index in [1.54, 1.807) is 0 Å². The molecule has 0 aliphatic heterocycles. The highest BCUT2D eigenvalue weighted by molar-refractivity contribution is 5.51. The van der Waals surface area contributed by atoms with Crippen LogP contribution in [-0.2, 0) is 6.61 Å². The fourth-order valence-electron chi connectivity index (χ4n) is 1.54. The summed E-state index contributed by atoms with van der Waals surface area (Å²) in [7, 11) is 0. The summed E-state index contributed by atoms with van der Waals surface area (Å²) in [6.07, 6.45) is 1.85. The van der Waals surface area contributed by atoms with Crippen LogP contribution in [0.25, 0.3) is 6.08 Å². The number of hydrogen-bond acceptors (Lipinski definition) is 1. The van der Waals surface area contributed by atoms with Gasteiger partial charge in [-0.2, -0.15) is 0 Å². The van der Waals surface area contributed by atoms with Crippen molar-refractivity contribution in [1.82, 2.24) is 0 Å². The van der Waals surface area contributed by atoms with Crippen molar-refractivity contribution in [2.45, 2.75) is 6.61 Å². The van der Waals surface area contributed by atoms with Crippen LogP contribution < -0.4 is 4.74 Å². The Balaban J connectivity index is 2.08. The van der Waals surface area contributed by atoms with Gasteiger partial charge in [-0.1, -0.05) is 55.1 Å². The van der Waals surface area contributed by atoms with Crippen molar-refractivity contribution in [1.29, 1.82) is 0 Å². The summed E-state index contributed by atoms with van der Waals surface area (Å²) in [5.74, 6) is 0.890. The molecule has 1 heteroatoms. The van der Waals surface area contributed by atoms with Crippen molar-refractivity contribution in [2.24, 2.45) is 0 Å². The molecule has 2 rings (SSSR count). The highest BCUT2D eigenvalue weighted by atomic mass is 16.5. The van der Waals surface area contributed by atoms with Crippen molar-refractivity contribution in [2.75, 3.05) is 0 Å². The summed E-state index contributed by atoms with van der Waals surface area (Å²) in [4.78, 5) is 0. The highest BCUT2D eigenvalue weighted by Crippen LogP contribution is 2.15. The summed E-state index contributed by atoms with van der Waals surface area (Å²) in [6, 6.07) is 17.9. The Labute approximate surface area is 96.0 Å². The van der Waals surface area contributed by atoms with E-state index in [4.69, 9.17) is 4.74 Å². The quantitative estimate of drug-likeness (QED) is 0.743. The van der Waals surface area contributed by atoms with Gasteiger partial charge in [-0.05, 0) is 23.3 Å². The lowest BCUT2D eigenvalue weighted by atomic mass is 10.1. The van der Waals surface area contributed by atoms with E-state index < -0.39 is 0 Å². The Morgan fingerprint density at radius 1 is 0.938 bits per heavy atom. The smallest absolute Gasteiger partial charge is 0.119 e. The molecule has 0 fully saturated rings. The van der Waals surface area contributed by atoms with Crippen molar-refractivity contribution in [3.63, 3.8) is 0 Å². The summed E-state index contributed by atoms with van der Waals surface area (Å²) in [5.41, 5.74) is 2.28. The molecule has 0 aromatic heterocycles. The second kappa shape index (κ2) is 5.17. The first-order chi connectivity index (χ1) is 7.90. The van der Waals surface area contributed by atoms with Crippen LogP contribution >= 0.6 is 0 Å². The average Bonchev–Trinajstić information content (AvgIpc) is 2.38. The molecule has 0 N–H and O–H groups in total. The number of benzene rings is 2. The SMILES string of the molecule is C=Cc1ccccc1COc1ccccc1. The molecule has 1 nitrogen and oxygen atoms in total. The van der Waals surface area contributed by atoms with E-state index in [0.29, 0.717) is 6.61 Å². The first-order valence-electron chi connectivity index (χ1n) is 5.28. The minimum Gasteiger partial charge on any atom is -0.489 e. The number of ether oxygens (including phenoxy) is 1. The van der Waals surface area contributed by atoms with Crippen molar-refractivity contribution < 1.29 is 4.74 Å². The van der Waals surface area contributed by atoms with Crippen LogP contribution in [0.3, 0.4) is 0 Å². The Bertz CT molecular complexity index is 460. The zero-order valence-corrected chi connectivity index (χ0v) is 9.10. The molecule has 0 saturated carbocycles. The predicted octanol–water partition coefficient (Wildman–Crippen LogP) is 3.91. The molecular weight excluding hydrogens is 196 g/mol. The molecule has 2 aromatic rings. The van der Waals surface area contributed by atoms with Gasteiger partial charge in [0.05, 0.1) is 0 Å². The molecule has 0 bridgehead atoms. The lowest BCUT2D eigenvalue weighted by molar-refractivity contribution is 0.306. The third kappa shape index (κ3) is 2.51. The second-order valence-corrected chi connectivity index (χ2v) is 3.50. The fraction of sp³-hybridized carbons (Fsp3) is 0.0667. The van der Waals surface area contributed by atoms with Gasteiger partial charge in [0.15, 0.2) is 0 Å². The van der Waals surface area contributed by atoms with Crippen LogP contribution in [0.1, 0.15) is 11.1 Å². The zero-order valence-electron chi connectivity index (χ0n) is 9.10. The van der Waals surface area contributed by atoms with E-state index in [2.05, 4.69) is 12.6 Å². The van der Waals surface area contributed by atoms with E-state index in [1.807, 2.05) is 54.6 Å². The molecule has 0 aliphatic carbocycles. The van der Waals surface area contributed by atoms with Gasteiger partial charge in [0.1, 0.15) is 12.4 Å². The monoisotopic (exact) mass is 210 g/mol. The normalized spacial score (nSPS) is 9.75. The van der Waals surface area contributed by atoms with Crippen LogP contribution in [0.5, 0.6) is 5.75 Å². The highest BCUT2D eigenvalue weighted by Gasteiger charge is 1.98. The third-order valence-corrected chi connectivity index (χ3v) is 2.41. The van der Waals surface area contributed by atoms with E-state index in [-0.39, 0.29) is 0 Å². The van der Waals surface area contributed by atoms with Gasteiger partial charge in [-0.25, -0.2) is 0 Å². The molecule has 2 aromatic carbocycles. The average molecular weight is 210 g/mol. The van der Waals surface area contributed by atoms with Gasteiger partial charge in [-0.15, -0.1) is 0 Å². The third-order valence-electron chi connectivity index (χ3n) is 2.41. The molecule has 0 spiro atoms. The maximum absolute atomic E-state index is 5.69. The second-order valence-electron chi connectivity index (χ2n) is 3.50. The first-order valence-corrected chi connectivity index (χ1v) is 5.28. The van der Waals surface area contributed by atoms with E-state index >= 15 is 0 Å². The predicted molar refractivity (Wildman–Crippen MR) is 67.3 cm³/mol. The van der Waals surface area contributed by atoms with Gasteiger partial charge in [0.2, 0.25) is 0 Å². The molecule has 0 saturated heterocycles. The zero-order chi connectivity index (χ0) is 11.2. The lowest BCUT2D eigenvalue weighted by Crippen LogP contribution is -1.97. The number of para-hydroxylation sites is 1. The van der Waals surface area contributed by atoms with E-state index in [9.17, 15) is 0 Å². The van der Waals surface area contributed by atoms with Gasteiger partial charge in [0.25, 0.3) is 0 Å². The Hall–Kier alpha value is -2.02. The maximum Gasteiger partial charge on any atom is 0.119 e. The first kappa shape index (κ1) is 10.5. The standard InChI is InChI=1S/C15H14O/c1-2-13-8-6-7-9-14(13)12-16-15-10-4-3-5-11-15/h2-11H,1,12H2. The molecule has 0 heterocycles. The summed E-state index contributed by atoms with van der Waals surface area (Å²) in [5, 5.41) is 0. The number of rotatable bonds is 4. The molecule has 0 aliphatic rings. The number of hydrogen-bond donors (Lipinski definition) is 0.